The highest BCUT2D eigenvalue weighted by Crippen LogP contribution is 2.27. The molecule has 0 radical (unpaired) electrons. The van der Waals surface area contributed by atoms with Gasteiger partial charge in [-0.25, -0.2) is 0 Å². The van der Waals surface area contributed by atoms with Crippen molar-refractivity contribution < 1.29 is 9.59 Å². The molecule has 2 fully saturated rings. The van der Waals surface area contributed by atoms with E-state index >= 15 is 0 Å². The summed E-state index contributed by atoms with van der Waals surface area (Å²) < 4.78 is 0. The zero-order valence-corrected chi connectivity index (χ0v) is 15.6. The molecule has 0 spiro atoms. The van der Waals surface area contributed by atoms with E-state index < -0.39 is 5.54 Å². The maximum atomic E-state index is 12.4. The summed E-state index contributed by atoms with van der Waals surface area (Å²) in [6.45, 7) is 4.05. The summed E-state index contributed by atoms with van der Waals surface area (Å²) >= 11 is 0. The summed E-state index contributed by atoms with van der Waals surface area (Å²) in [5, 5.41) is 12.5. The fraction of sp³-hybridized carbons (Fsp3) is 0.833. The van der Waals surface area contributed by atoms with Crippen LogP contribution in [-0.2, 0) is 9.59 Å². The SMILES string of the molecule is CN(C)C(=O)CN1CCCN(CC(=O)NC2(C#N)CCCCC2)CC1. The van der Waals surface area contributed by atoms with E-state index in [0.717, 1.165) is 64.7 Å². The van der Waals surface area contributed by atoms with E-state index in [1.165, 1.54) is 0 Å². The van der Waals surface area contributed by atoms with Crippen LogP contribution in [0.5, 0.6) is 0 Å². The molecular weight excluding hydrogens is 318 g/mol. The Bertz CT molecular complexity index is 508. The van der Waals surface area contributed by atoms with Crippen LogP contribution in [0.25, 0.3) is 0 Å². The summed E-state index contributed by atoms with van der Waals surface area (Å²) in [5.74, 6) is 0.0562. The first-order valence-electron chi connectivity index (χ1n) is 9.31. The first kappa shape index (κ1) is 19.7. The fourth-order valence-corrected chi connectivity index (χ4v) is 3.60. The van der Waals surface area contributed by atoms with Crippen molar-refractivity contribution in [3.63, 3.8) is 0 Å². The fourth-order valence-electron chi connectivity index (χ4n) is 3.60. The van der Waals surface area contributed by atoms with Gasteiger partial charge in [0, 0.05) is 27.2 Å². The Labute approximate surface area is 150 Å². The van der Waals surface area contributed by atoms with Gasteiger partial charge in [-0.2, -0.15) is 5.26 Å². The van der Waals surface area contributed by atoms with E-state index in [1.54, 1.807) is 19.0 Å². The molecule has 1 saturated heterocycles. The van der Waals surface area contributed by atoms with Crippen LogP contribution in [0.15, 0.2) is 0 Å². The lowest BCUT2D eigenvalue weighted by molar-refractivity contribution is -0.130. The molecule has 7 nitrogen and oxygen atoms in total. The molecule has 0 unspecified atom stereocenters. The average Bonchev–Trinajstić information content (AvgIpc) is 2.80. The average molecular weight is 349 g/mol. The quantitative estimate of drug-likeness (QED) is 0.778. The molecular formula is C18H31N5O2. The van der Waals surface area contributed by atoms with Gasteiger partial charge < -0.3 is 10.2 Å². The number of hydrogen-bond donors (Lipinski definition) is 1. The lowest BCUT2D eigenvalue weighted by Gasteiger charge is -2.32. The van der Waals surface area contributed by atoms with Gasteiger partial charge in [0.05, 0.1) is 19.2 Å². The summed E-state index contributed by atoms with van der Waals surface area (Å²) in [4.78, 5) is 30.2. The number of likely N-dealkylation sites (N-methyl/N-ethyl adjacent to an activating group) is 1. The first-order valence-corrected chi connectivity index (χ1v) is 9.31. The van der Waals surface area contributed by atoms with Gasteiger partial charge in [-0.3, -0.25) is 19.4 Å². The maximum absolute atomic E-state index is 12.4. The molecule has 0 aromatic heterocycles. The minimum absolute atomic E-state index is 0.0544. The van der Waals surface area contributed by atoms with Gasteiger partial charge in [-0.05, 0) is 32.4 Å². The minimum Gasteiger partial charge on any atom is -0.348 e. The Morgan fingerprint density at radius 2 is 1.60 bits per heavy atom. The van der Waals surface area contributed by atoms with E-state index in [1.807, 2.05) is 0 Å². The molecule has 1 aliphatic heterocycles. The Morgan fingerprint density at radius 1 is 1.00 bits per heavy atom. The van der Waals surface area contributed by atoms with Crippen LogP contribution in [0.3, 0.4) is 0 Å². The predicted molar refractivity (Wildman–Crippen MR) is 95.8 cm³/mol. The number of carbonyl (C=O) groups excluding carboxylic acids is 2. The van der Waals surface area contributed by atoms with Crippen molar-refractivity contribution in [1.82, 2.24) is 20.0 Å². The molecule has 2 rings (SSSR count). The van der Waals surface area contributed by atoms with Crippen LogP contribution in [-0.4, -0.2) is 85.4 Å². The van der Waals surface area contributed by atoms with E-state index in [4.69, 9.17) is 0 Å². The van der Waals surface area contributed by atoms with Crippen LogP contribution in [0, 0.1) is 11.3 Å². The number of nitriles is 1. The number of rotatable bonds is 5. The lowest BCUT2D eigenvalue weighted by atomic mass is 9.83. The third-order valence-electron chi connectivity index (χ3n) is 5.21. The Morgan fingerprint density at radius 3 is 2.16 bits per heavy atom. The van der Waals surface area contributed by atoms with Gasteiger partial charge in [-0.1, -0.05) is 19.3 Å². The monoisotopic (exact) mass is 349 g/mol. The van der Waals surface area contributed by atoms with Crippen LogP contribution >= 0.6 is 0 Å². The highest BCUT2D eigenvalue weighted by molar-refractivity contribution is 5.79. The van der Waals surface area contributed by atoms with Crippen molar-refractivity contribution in [2.45, 2.75) is 44.1 Å². The molecule has 7 heteroatoms. The van der Waals surface area contributed by atoms with Crippen LogP contribution in [0.1, 0.15) is 38.5 Å². The number of carbonyl (C=O) groups is 2. The highest BCUT2D eigenvalue weighted by atomic mass is 16.2. The molecule has 2 aliphatic rings. The maximum Gasteiger partial charge on any atom is 0.236 e. The third-order valence-corrected chi connectivity index (χ3v) is 5.21. The Balaban J connectivity index is 1.79. The molecule has 0 atom stereocenters. The van der Waals surface area contributed by atoms with Gasteiger partial charge in [0.15, 0.2) is 0 Å². The van der Waals surface area contributed by atoms with Crippen LogP contribution < -0.4 is 5.32 Å². The number of amides is 2. The molecule has 25 heavy (non-hydrogen) atoms. The molecule has 1 saturated carbocycles. The molecule has 1 aliphatic carbocycles. The molecule has 0 aromatic carbocycles. The smallest absolute Gasteiger partial charge is 0.236 e. The second-order valence-corrected chi connectivity index (χ2v) is 7.50. The molecule has 0 bridgehead atoms. The van der Waals surface area contributed by atoms with Crippen molar-refractivity contribution >= 4 is 11.8 Å². The summed E-state index contributed by atoms with van der Waals surface area (Å²) in [7, 11) is 3.54. The van der Waals surface area contributed by atoms with E-state index in [0.29, 0.717) is 13.1 Å². The van der Waals surface area contributed by atoms with E-state index in [-0.39, 0.29) is 11.8 Å². The highest BCUT2D eigenvalue weighted by Gasteiger charge is 2.33. The van der Waals surface area contributed by atoms with Gasteiger partial charge in [0.1, 0.15) is 5.54 Å². The molecule has 0 aromatic rings. The zero-order valence-electron chi connectivity index (χ0n) is 15.6. The second kappa shape index (κ2) is 9.16. The van der Waals surface area contributed by atoms with Gasteiger partial charge in [0.2, 0.25) is 11.8 Å². The van der Waals surface area contributed by atoms with Crippen LogP contribution in [0.4, 0.5) is 0 Å². The Hall–Kier alpha value is -1.65. The van der Waals surface area contributed by atoms with Gasteiger partial charge >= 0.3 is 0 Å². The largest absolute Gasteiger partial charge is 0.348 e. The molecule has 1 N–H and O–H groups in total. The third kappa shape index (κ3) is 5.98. The first-order chi connectivity index (χ1) is 11.9. The van der Waals surface area contributed by atoms with E-state index in [9.17, 15) is 14.9 Å². The molecule has 140 valence electrons. The molecule has 1 heterocycles. The zero-order chi connectivity index (χ0) is 18.3. The number of nitrogens with zero attached hydrogens (tertiary/aromatic N) is 4. The number of hydrogen-bond acceptors (Lipinski definition) is 5. The minimum atomic E-state index is -0.661. The Kier molecular flexibility index (Phi) is 7.21. The lowest BCUT2D eigenvalue weighted by Crippen LogP contribution is -2.52. The molecule has 2 amide bonds. The summed E-state index contributed by atoms with van der Waals surface area (Å²) in [6.07, 6.45) is 5.62. The van der Waals surface area contributed by atoms with Crippen LogP contribution in [0.2, 0.25) is 0 Å². The van der Waals surface area contributed by atoms with Crippen molar-refractivity contribution in [1.29, 1.82) is 5.26 Å². The second-order valence-electron chi connectivity index (χ2n) is 7.50. The van der Waals surface area contributed by atoms with Gasteiger partial charge in [0.25, 0.3) is 0 Å². The summed E-state index contributed by atoms with van der Waals surface area (Å²) in [5.41, 5.74) is -0.661. The summed E-state index contributed by atoms with van der Waals surface area (Å²) in [6, 6.07) is 2.34. The van der Waals surface area contributed by atoms with Crippen molar-refractivity contribution in [3.05, 3.63) is 0 Å². The van der Waals surface area contributed by atoms with Crippen molar-refractivity contribution in [2.75, 3.05) is 53.4 Å². The topological polar surface area (TPSA) is 79.7 Å². The number of nitrogens with one attached hydrogen (secondary N) is 1. The van der Waals surface area contributed by atoms with Crippen molar-refractivity contribution in [2.24, 2.45) is 0 Å². The normalized spacial score (nSPS) is 21.8. The van der Waals surface area contributed by atoms with E-state index in [2.05, 4.69) is 21.2 Å². The van der Waals surface area contributed by atoms with Gasteiger partial charge in [-0.15, -0.1) is 0 Å². The van der Waals surface area contributed by atoms with Crippen molar-refractivity contribution in [3.8, 4) is 6.07 Å². The predicted octanol–water partition coefficient (Wildman–Crippen LogP) is 0.425. The standard InChI is InChI=1S/C18H31N5O2/c1-21(2)17(25)14-23-10-6-9-22(11-12-23)13-16(24)20-18(15-19)7-4-3-5-8-18/h3-14H2,1-2H3,(H,20,24).